The van der Waals surface area contributed by atoms with Crippen molar-refractivity contribution in [3.63, 3.8) is 0 Å². The van der Waals surface area contributed by atoms with Gasteiger partial charge >= 0.3 is 5.97 Å². The van der Waals surface area contributed by atoms with Crippen LogP contribution in [-0.2, 0) is 22.4 Å². The molecule has 0 aliphatic carbocycles. The number of nitrogens with one attached hydrogen (secondary N) is 4. The number of aryl methyl sites for hydroxylation is 1. The topological polar surface area (TPSA) is 129 Å². The second-order valence-electron chi connectivity index (χ2n) is 8.35. The third kappa shape index (κ3) is 4.85. The standard InChI is InChI=1S/C20H27N5O4/c1-20(2,3)18(28)25-19-23-15-13(16(26)24-19)7-11(10-22-15)5-6-12-8-14(21-9-12)17(27)29-4/h8-9,11,21H,5-7,10H2,1-4H3,(H3,22,23,24,25,26,28). The largest absolute Gasteiger partial charge is 0.464 e. The summed E-state index contributed by atoms with van der Waals surface area (Å²) in [5.41, 5.74) is 1.22. The molecule has 0 bridgehead atoms. The van der Waals surface area contributed by atoms with Crippen LogP contribution in [0.25, 0.3) is 0 Å². The van der Waals surface area contributed by atoms with Crippen LogP contribution in [0, 0.1) is 11.3 Å². The Morgan fingerprint density at radius 3 is 2.79 bits per heavy atom. The second-order valence-corrected chi connectivity index (χ2v) is 8.35. The van der Waals surface area contributed by atoms with Gasteiger partial charge in [-0.15, -0.1) is 0 Å². The van der Waals surface area contributed by atoms with Crippen LogP contribution in [0.2, 0.25) is 0 Å². The molecule has 9 heteroatoms. The number of aromatic nitrogens is 3. The lowest BCUT2D eigenvalue weighted by atomic mass is 9.91. The maximum atomic E-state index is 12.5. The average Bonchev–Trinajstić information content (AvgIpc) is 3.14. The number of anilines is 2. The van der Waals surface area contributed by atoms with Crippen LogP contribution < -0.4 is 16.2 Å². The Labute approximate surface area is 168 Å². The number of carbonyl (C=O) groups is 2. The summed E-state index contributed by atoms with van der Waals surface area (Å²) >= 11 is 0. The molecule has 0 saturated heterocycles. The minimum Gasteiger partial charge on any atom is -0.464 e. The molecule has 4 N–H and O–H groups in total. The highest BCUT2D eigenvalue weighted by atomic mass is 16.5. The number of methoxy groups -OCH3 is 1. The van der Waals surface area contributed by atoms with Crippen LogP contribution in [0.4, 0.5) is 11.8 Å². The van der Waals surface area contributed by atoms with Gasteiger partial charge in [0.2, 0.25) is 11.9 Å². The van der Waals surface area contributed by atoms with E-state index >= 15 is 0 Å². The molecule has 1 aliphatic heterocycles. The Morgan fingerprint density at radius 1 is 1.34 bits per heavy atom. The third-order valence-corrected chi connectivity index (χ3v) is 4.97. The molecule has 0 spiro atoms. The van der Waals surface area contributed by atoms with E-state index in [1.165, 1.54) is 7.11 Å². The van der Waals surface area contributed by atoms with Gasteiger partial charge in [-0.25, -0.2) is 4.79 Å². The van der Waals surface area contributed by atoms with Gasteiger partial charge in [0.25, 0.3) is 5.56 Å². The van der Waals surface area contributed by atoms with E-state index in [1.54, 1.807) is 33.0 Å². The first-order chi connectivity index (χ1) is 13.7. The van der Waals surface area contributed by atoms with Gasteiger partial charge in [0.05, 0.1) is 12.7 Å². The van der Waals surface area contributed by atoms with Crippen molar-refractivity contribution in [2.24, 2.45) is 11.3 Å². The molecular weight excluding hydrogens is 374 g/mol. The van der Waals surface area contributed by atoms with Crippen LogP contribution in [-0.4, -0.2) is 40.5 Å². The van der Waals surface area contributed by atoms with E-state index in [4.69, 9.17) is 4.74 Å². The average molecular weight is 401 g/mol. The SMILES string of the molecule is COC(=O)c1cc(CCC2CNc3nc(NC(=O)C(C)(C)C)[nH]c(=O)c3C2)c[nH]1. The number of amides is 1. The van der Waals surface area contributed by atoms with Crippen molar-refractivity contribution in [3.8, 4) is 0 Å². The van der Waals surface area contributed by atoms with E-state index in [1.807, 2.05) is 0 Å². The summed E-state index contributed by atoms with van der Waals surface area (Å²) in [6.45, 7) is 6.06. The fourth-order valence-electron chi connectivity index (χ4n) is 3.18. The van der Waals surface area contributed by atoms with Crippen LogP contribution >= 0.6 is 0 Å². The van der Waals surface area contributed by atoms with E-state index < -0.39 is 11.4 Å². The number of fused-ring (bicyclic) bond motifs is 1. The fourth-order valence-corrected chi connectivity index (χ4v) is 3.18. The lowest BCUT2D eigenvalue weighted by molar-refractivity contribution is -0.123. The molecule has 1 amide bonds. The molecule has 0 fully saturated rings. The number of rotatable bonds is 5. The molecule has 2 aromatic rings. The van der Waals surface area contributed by atoms with Crippen LogP contribution in [0.15, 0.2) is 17.1 Å². The van der Waals surface area contributed by atoms with E-state index in [2.05, 4.69) is 25.6 Å². The molecule has 0 radical (unpaired) electrons. The first kappa shape index (κ1) is 20.6. The zero-order valence-corrected chi connectivity index (χ0v) is 17.1. The monoisotopic (exact) mass is 401 g/mol. The van der Waals surface area contributed by atoms with Gasteiger partial charge in [-0.3, -0.25) is 19.9 Å². The molecule has 29 heavy (non-hydrogen) atoms. The zero-order valence-electron chi connectivity index (χ0n) is 17.1. The van der Waals surface area contributed by atoms with Gasteiger partial charge in [0.15, 0.2) is 0 Å². The predicted molar refractivity (Wildman–Crippen MR) is 109 cm³/mol. The van der Waals surface area contributed by atoms with Crippen molar-refractivity contribution in [2.75, 3.05) is 24.3 Å². The summed E-state index contributed by atoms with van der Waals surface area (Å²) in [7, 11) is 1.35. The quantitative estimate of drug-likeness (QED) is 0.568. The number of aromatic amines is 2. The molecule has 1 aliphatic rings. The Kier molecular flexibility index (Phi) is 5.76. The third-order valence-electron chi connectivity index (χ3n) is 4.97. The number of H-pyrrole nitrogens is 2. The highest BCUT2D eigenvalue weighted by molar-refractivity contribution is 5.93. The number of ether oxygens (including phenoxy) is 1. The van der Waals surface area contributed by atoms with E-state index in [0.717, 1.165) is 18.4 Å². The van der Waals surface area contributed by atoms with Crippen molar-refractivity contribution < 1.29 is 14.3 Å². The van der Waals surface area contributed by atoms with Crippen LogP contribution in [0.1, 0.15) is 48.8 Å². The van der Waals surface area contributed by atoms with Crippen molar-refractivity contribution in [1.29, 1.82) is 0 Å². The minimum atomic E-state index is -0.584. The Balaban J connectivity index is 1.63. The van der Waals surface area contributed by atoms with Crippen LogP contribution in [0.5, 0.6) is 0 Å². The normalized spacial score (nSPS) is 15.9. The van der Waals surface area contributed by atoms with Gasteiger partial charge < -0.3 is 15.0 Å². The number of hydrogen-bond acceptors (Lipinski definition) is 6. The van der Waals surface area contributed by atoms with E-state index in [0.29, 0.717) is 30.0 Å². The van der Waals surface area contributed by atoms with Gasteiger partial charge in [0.1, 0.15) is 11.5 Å². The number of esters is 1. The summed E-state index contributed by atoms with van der Waals surface area (Å²) in [5, 5.41) is 5.87. The molecule has 3 rings (SSSR count). The highest BCUT2D eigenvalue weighted by Crippen LogP contribution is 2.24. The molecular formula is C20H27N5O4. The number of nitrogens with zero attached hydrogens (tertiary/aromatic N) is 1. The van der Waals surface area contributed by atoms with Crippen LogP contribution in [0.3, 0.4) is 0 Å². The summed E-state index contributed by atoms with van der Waals surface area (Å²) in [5.74, 6) is 0.326. The summed E-state index contributed by atoms with van der Waals surface area (Å²) < 4.78 is 4.70. The van der Waals surface area contributed by atoms with Crippen molar-refractivity contribution >= 4 is 23.6 Å². The lowest BCUT2D eigenvalue weighted by Crippen LogP contribution is -2.33. The Morgan fingerprint density at radius 2 is 2.10 bits per heavy atom. The summed E-state index contributed by atoms with van der Waals surface area (Å²) in [4.78, 5) is 46.1. The number of hydrogen-bond donors (Lipinski definition) is 4. The Bertz CT molecular complexity index is 970. The Hall–Kier alpha value is -3.10. The van der Waals surface area contributed by atoms with Gasteiger partial charge in [-0.2, -0.15) is 4.98 Å². The molecule has 0 aromatic carbocycles. The summed E-state index contributed by atoms with van der Waals surface area (Å²) in [6.07, 6.45) is 4.04. The molecule has 156 valence electrons. The van der Waals surface area contributed by atoms with E-state index in [-0.39, 0.29) is 23.3 Å². The molecule has 2 aromatic heterocycles. The maximum Gasteiger partial charge on any atom is 0.354 e. The lowest BCUT2D eigenvalue weighted by Gasteiger charge is -2.25. The van der Waals surface area contributed by atoms with Crippen molar-refractivity contribution in [1.82, 2.24) is 15.0 Å². The maximum absolute atomic E-state index is 12.5. The van der Waals surface area contributed by atoms with Gasteiger partial charge in [0, 0.05) is 18.2 Å². The minimum absolute atomic E-state index is 0.155. The van der Waals surface area contributed by atoms with Crippen molar-refractivity contribution in [3.05, 3.63) is 39.4 Å². The van der Waals surface area contributed by atoms with E-state index in [9.17, 15) is 14.4 Å². The molecule has 0 saturated carbocycles. The highest BCUT2D eigenvalue weighted by Gasteiger charge is 2.25. The molecule has 9 nitrogen and oxygen atoms in total. The first-order valence-corrected chi connectivity index (χ1v) is 9.61. The predicted octanol–water partition coefficient (Wildman–Crippen LogP) is 2.09. The van der Waals surface area contributed by atoms with Gasteiger partial charge in [-0.05, 0) is 36.8 Å². The first-order valence-electron chi connectivity index (χ1n) is 9.61. The fraction of sp³-hybridized carbons (Fsp3) is 0.500. The molecule has 1 atom stereocenters. The number of carbonyl (C=O) groups excluding carboxylic acids is 2. The second kappa shape index (κ2) is 8.10. The van der Waals surface area contributed by atoms with Crippen molar-refractivity contribution in [2.45, 2.75) is 40.0 Å². The smallest absolute Gasteiger partial charge is 0.354 e. The zero-order chi connectivity index (χ0) is 21.2. The van der Waals surface area contributed by atoms with Gasteiger partial charge in [-0.1, -0.05) is 20.8 Å². The molecule has 3 heterocycles. The summed E-state index contributed by atoms with van der Waals surface area (Å²) in [6, 6.07) is 1.79. The molecule has 1 unspecified atom stereocenters.